The lowest BCUT2D eigenvalue weighted by atomic mass is 9.89. The molecule has 1 aliphatic rings. The van der Waals surface area contributed by atoms with Gasteiger partial charge in [-0.1, -0.05) is 24.9 Å². The van der Waals surface area contributed by atoms with Crippen molar-refractivity contribution in [1.82, 2.24) is 14.3 Å². The first-order chi connectivity index (χ1) is 9.99. The van der Waals surface area contributed by atoms with Gasteiger partial charge in [-0.05, 0) is 18.6 Å². The second-order valence-corrected chi connectivity index (χ2v) is 6.22. The Hall–Kier alpha value is -1.43. The largest absolute Gasteiger partial charge is 0.387 e. The highest BCUT2D eigenvalue weighted by Crippen LogP contribution is 2.26. The van der Waals surface area contributed by atoms with E-state index in [2.05, 4.69) is 16.8 Å². The van der Waals surface area contributed by atoms with Crippen LogP contribution in [0.1, 0.15) is 25.5 Å². The van der Waals surface area contributed by atoms with Gasteiger partial charge >= 0.3 is 0 Å². The summed E-state index contributed by atoms with van der Waals surface area (Å²) in [4.78, 5) is 18.6. The standard InChI is InChI=1S/C15H18ClN3O2/c1-2-5-15(21)9-18(10-15)8-12-6-14(20)19-7-11(16)3-4-13(19)17-12/h3-4,6-7,21H,2,5,8-10H2,1H3. The molecule has 6 heteroatoms. The molecule has 1 fully saturated rings. The van der Waals surface area contributed by atoms with Gasteiger partial charge in [-0.3, -0.25) is 14.1 Å². The molecule has 2 aromatic rings. The highest BCUT2D eigenvalue weighted by atomic mass is 35.5. The fourth-order valence-corrected chi connectivity index (χ4v) is 3.12. The Morgan fingerprint density at radius 2 is 2.19 bits per heavy atom. The summed E-state index contributed by atoms with van der Waals surface area (Å²) >= 11 is 5.88. The van der Waals surface area contributed by atoms with Crippen molar-refractivity contribution in [2.45, 2.75) is 31.9 Å². The smallest absolute Gasteiger partial charge is 0.258 e. The number of pyridine rings is 1. The van der Waals surface area contributed by atoms with Gasteiger partial charge in [0.1, 0.15) is 5.65 Å². The van der Waals surface area contributed by atoms with E-state index >= 15 is 0 Å². The van der Waals surface area contributed by atoms with E-state index < -0.39 is 5.60 Å². The molecule has 0 amide bonds. The molecule has 2 aromatic heterocycles. The minimum Gasteiger partial charge on any atom is -0.387 e. The molecule has 0 saturated carbocycles. The summed E-state index contributed by atoms with van der Waals surface area (Å²) in [6, 6.07) is 4.98. The lowest BCUT2D eigenvalue weighted by Gasteiger charge is -2.46. The quantitative estimate of drug-likeness (QED) is 0.934. The highest BCUT2D eigenvalue weighted by Gasteiger charge is 2.39. The Bertz CT molecular complexity index is 722. The van der Waals surface area contributed by atoms with Crippen LogP contribution in [0.4, 0.5) is 0 Å². The fourth-order valence-electron chi connectivity index (χ4n) is 2.96. The molecule has 1 aliphatic heterocycles. The number of rotatable bonds is 4. The molecule has 5 nitrogen and oxygen atoms in total. The normalized spacial score (nSPS) is 17.9. The SMILES string of the molecule is CCCC1(O)CN(Cc2cc(=O)n3cc(Cl)ccc3n2)C1. The molecule has 0 aliphatic carbocycles. The molecule has 112 valence electrons. The number of aliphatic hydroxyl groups is 1. The van der Waals surface area contributed by atoms with Crippen molar-refractivity contribution in [2.75, 3.05) is 13.1 Å². The van der Waals surface area contributed by atoms with Gasteiger partial charge in [-0.15, -0.1) is 0 Å². The molecule has 3 heterocycles. The van der Waals surface area contributed by atoms with Crippen LogP contribution in [0, 0.1) is 0 Å². The minimum atomic E-state index is -0.561. The topological polar surface area (TPSA) is 57.8 Å². The monoisotopic (exact) mass is 307 g/mol. The van der Waals surface area contributed by atoms with Crippen LogP contribution in [-0.2, 0) is 6.54 Å². The zero-order valence-corrected chi connectivity index (χ0v) is 12.7. The van der Waals surface area contributed by atoms with Crippen LogP contribution >= 0.6 is 11.6 Å². The van der Waals surface area contributed by atoms with E-state index in [0.717, 1.165) is 18.5 Å². The van der Waals surface area contributed by atoms with Gasteiger partial charge in [0.25, 0.3) is 5.56 Å². The third-order valence-electron chi connectivity index (χ3n) is 3.81. The maximum absolute atomic E-state index is 12.1. The number of aromatic nitrogens is 2. The van der Waals surface area contributed by atoms with Gasteiger partial charge in [-0.2, -0.15) is 0 Å². The van der Waals surface area contributed by atoms with Crippen molar-refractivity contribution >= 4 is 17.2 Å². The summed E-state index contributed by atoms with van der Waals surface area (Å²) in [5, 5.41) is 10.7. The Morgan fingerprint density at radius 1 is 1.43 bits per heavy atom. The Morgan fingerprint density at radius 3 is 2.90 bits per heavy atom. The number of hydrogen-bond donors (Lipinski definition) is 1. The van der Waals surface area contributed by atoms with Crippen molar-refractivity contribution in [3.8, 4) is 0 Å². The lowest BCUT2D eigenvalue weighted by molar-refractivity contribution is -0.107. The second-order valence-electron chi connectivity index (χ2n) is 5.78. The fraction of sp³-hybridized carbons (Fsp3) is 0.467. The zero-order valence-electron chi connectivity index (χ0n) is 11.9. The summed E-state index contributed by atoms with van der Waals surface area (Å²) in [6.45, 7) is 3.93. The van der Waals surface area contributed by atoms with Crippen LogP contribution in [0.5, 0.6) is 0 Å². The predicted molar refractivity (Wildman–Crippen MR) is 81.6 cm³/mol. The van der Waals surface area contributed by atoms with Gasteiger partial charge in [0.2, 0.25) is 0 Å². The van der Waals surface area contributed by atoms with Gasteiger partial charge in [0.15, 0.2) is 0 Å². The van der Waals surface area contributed by atoms with Crippen LogP contribution < -0.4 is 5.56 Å². The Kier molecular flexibility index (Phi) is 3.73. The molecule has 0 unspecified atom stereocenters. The molecule has 21 heavy (non-hydrogen) atoms. The lowest BCUT2D eigenvalue weighted by Crippen LogP contribution is -2.61. The van der Waals surface area contributed by atoms with Crippen molar-refractivity contribution in [3.63, 3.8) is 0 Å². The van der Waals surface area contributed by atoms with E-state index in [1.807, 2.05) is 0 Å². The molecule has 0 atom stereocenters. The number of hydrogen-bond acceptors (Lipinski definition) is 4. The van der Waals surface area contributed by atoms with Crippen LogP contribution in [-0.4, -0.2) is 38.1 Å². The minimum absolute atomic E-state index is 0.137. The van der Waals surface area contributed by atoms with E-state index in [-0.39, 0.29) is 5.56 Å². The average Bonchev–Trinajstić information content (AvgIpc) is 2.38. The molecular weight excluding hydrogens is 290 g/mol. The maximum atomic E-state index is 12.1. The first-order valence-corrected chi connectivity index (χ1v) is 7.49. The number of likely N-dealkylation sites (tertiary alicyclic amines) is 1. The molecule has 0 spiro atoms. The Labute approximate surface area is 127 Å². The first kappa shape index (κ1) is 14.5. The Balaban J connectivity index is 1.77. The van der Waals surface area contributed by atoms with Crippen molar-refractivity contribution < 1.29 is 5.11 Å². The van der Waals surface area contributed by atoms with E-state index in [1.165, 1.54) is 10.5 Å². The molecule has 0 aromatic carbocycles. The highest BCUT2D eigenvalue weighted by molar-refractivity contribution is 6.30. The number of nitrogens with zero attached hydrogens (tertiary/aromatic N) is 3. The van der Waals surface area contributed by atoms with Gasteiger partial charge in [0, 0.05) is 31.9 Å². The van der Waals surface area contributed by atoms with Gasteiger partial charge < -0.3 is 5.11 Å². The summed E-state index contributed by atoms with van der Waals surface area (Å²) < 4.78 is 1.44. The third kappa shape index (κ3) is 2.95. The van der Waals surface area contributed by atoms with Crippen molar-refractivity contribution in [1.29, 1.82) is 0 Å². The second kappa shape index (κ2) is 5.40. The van der Waals surface area contributed by atoms with E-state index in [1.54, 1.807) is 18.3 Å². The van der Waals surface area contributed by atoms with Crippen LogP contribution in [0.25, 0.3) is 5.65 Å². The maximum Gasteiger partial charge on any atom is 0.258 e. The summed E-state index contributed by atoms with van der Waals surface area (Å²) in [5.74, 6) is 0. The molecular formula is C15H18ClN3O2. The van der Waals surface area contributed by atoms with Crippen LogP contribution in [0.15, 0.2) is 29.2 Å². The van der Waals surface area contributed by atoms with E-state index in [4.69, 9.17) is 11.6 Å². The predicted octanol–water partition coefficient (Wildman–Crippen LogP) is 1.69. The summed E-state index contributed by atoms with van der Waals surface area (Å²) in [7, 11) is 0. The zero-order chi connectivity index (χ0) is 15.0. The van der Waals surface area contributed by atoms with E-state index in [0.29, 0.717) is 30.3 Å². The molecule has 0 bridgehead atoms. The average molecular weight is 308 g/mol. The number of halogens is 1. The van der Waals surface area contributed by atoms with Gasteiger partial charge in [0.05, 0.1) is 16.3 Å². The molecule has 0 radical (unpaired) electrons. The van der Waals surface area contributed by atoms with Crippen molar-refractivity contribution in [2.24, 2.45) is 0 Å². The molecule has 3 rings (SSSR count). The van der Waals surface area contributed by atoms with Crippen LogP contribution in [0.3, 0.4) is 0 Å². The molecule has 1 saturated heterocycles. The number of β-amino-alcohol motifs (C(OH)–C–C–N with tert-alkyl or cyclic N) is 1. The number of fused-ring (bicyclic) bond motifs is 1. The summed E-state index contributed by atoms with van der Waals surface area (Å²) in [6.07, 6.45) is 3.36. The van der Waals surface area contributed by atoms with Gasteiger partial charge in [-0.25, -0.2) is 4.98 Å². The van der Waals surface area contributed by atoms with E-state index in [9.17, 15) is 9.90 Å². The first-order valence-electron chi connectivity index (χ1n) is 7.12. The molecule has 1 N–H and O–H groups in total. The summed E-state index contributed by atoms with van der Waals surface area (Å²) in [5.41, 5.74) is 0.614. The third-order valence-corrected chi connectivity index (χ3v) is 4.04. The van der Waals surface area contributed by atoms with Crippen molar-refractivity contribution in [3.05, 3.63) is 45.5 Å². The van der Waals surface area contributed by atoms with Crippen LogP contribution in [0.2, 0.25) is 5.02 Å².